The molecule has 3 rings (SSSR count). The van der Waals surface area contributed by atoms with Crippen LogP contribution in [-0.4, -0.2) is 48.9 Å². The van der Waals surface area contributed by atoms with E-state index in [0.717, 1.165) is 5.69 Å². The fourth-order valence-corrected chi connectivity index (χ4v) is 6.31. The Morgan fingerprint density at radius 2 is 1.68 bits per heavy atom. The number of hydrogen-bond acceptors (Lipinski definition) is 5. The lowest BCUT2D eigenvalue weighted by molar-refractivity contribution is -0.120. The highest BCUT2D eigenvalue weighted by Gasteiger charge is 2.38. The molecule has 0 aliphatic carbocycles. The molecule has 0 atom stereocenters. The molecule has 1 aliphatic rings. The normalized spacial score (nSPS) is 15.5. The van der Waals surface area contributed by atoms with Gasteiger partial charge in [0.2, 0.25) is 15.9 Å². The van der Waals surface area contributed by atoms with Crippen LogP contribution in [0.4, 0.5) is 5.69 Å². The number of carbonyl (C=O) groups excluding carboxylic acids is 2. The molecule has 1 N–H and O–H groups in total. The van der Waals surface area contributed by atoms with Gasteiger partial charge in [-0.3, -0.25) is 4.79 Å². The van der Waals surface area contributed by atoms with Gasteiger partial charge in [0.15, 0.2) is 0 Å². The Hall–Kier alpha value is -2.65. The van der Waals surface area contributed by atoms with Crippen molar-refractivity contribution in [2.24, 2.45) is 13.0 Å². The molecular formula is C25H35N3O5S. The van der Waals surface area contributed by atoms with E-state index in [-0.39, 0.29) is 42.0 Å². The monoisotopic (exact) mass is 489 g/mol. The molecule has 9 heteroatoms. The Balaban J connectivity index is 1.73. The van der Waals surface area contributed by atoms with Gasteiger partial charge in [-0.2, -0.15) is 4.31 Å². The molecule has 8 nitrogen and oxygen atoms in total. The Kier molecular flexibility index (Phi) is 7.88. The average molecular weight is 490 g/mol. The Bertz CT molecular complexity index is 1160. The first-order chi connectivity index (χ1) is 16.0. The molecule has 34 heavy (non-hydrogen) atoms. The van der Waals surface area contributed by atoms with Crippen LogP contribution in [0.5, 0.6) is 0 Å². The van der Waals surface area contributed by atoms with Crippen molar-refractivity contribution in [1.82, 2.24) is 8.87 Å². The third-order valence-corrected chi connectivity index (χ3v) is 8.73. The van der Waals surface area contributed by atoms with Gasteiger partial charge in [0.25, 0.3) is 0 Å². The SMILES string of the molecule is CCOC(=O)c1c(S(=O)(=O)N2CCC(C(=O)Nc3ccc(C(C)C)cc3)CC2)c(C)n(C)c1C. The van der Waals surface area contributed by atoms with E-state index in [2.05, 4.69) is 19.2 Å². The summed E-state index contributed by atoms with van der Waals surface area (Å²) in [4.78, 5) is 25.4. The summed E-state index contributed by atoms with van der Waals surface area (Å²) < 4.78 is 35.3. The highest BCUT2D eigenvalue weighted by atomic mass is 32.2. The molecule has 1 aliphatic heterocycles. The minimum atomic E-state index is -3.93. The summed E-state index contributed by atoms with van der Waals surface area (Å²) in [5, 5.41) is 2.95. The maximum Gasteiger partial charge on any atom is 0.341 e. The number of benzene rings is 1. The lowest BCUT2D eigenvalue weighted by atomic mass is 9.97. The third kappa shape index (κ3) is 5.05. The van der Waals surface area contributed by atoms with Crippen molar-refractivity contribution < 1.29 is 22.7 Å². The van der Waals surface area contributed by atoms with Crippen molar-refractivity contribution in [2.75, 3.05) is 25.0 Å². The van der Waals surface area contributed by atoms with Gasteiger partial charge in [-0.25, -0.2) is 13.2 Å². The zero-order chi connectivity index (χ0) is 25.2. The number of rotatable bonds is 7. The molecule has 0 bridgehead atoms. The second-order valence-corrected chi connectivity index (χ2v) is 11.0. The van der Waals surface area contributed by atoms with Gasteiger partial charge in [-0.05, 0) is 57.2 Å². The van der Waals surface area contributed by atoms with Gasteiger partial charge in [0.05, 0.1) is 6.61 Å². The van der Waals surface area contributed by atoms with Gasteiger partial charge in [-0.1, -0.05) is 26.0 Å². The quantitative estimate of drug-likeness (QED) is 0.593. The van der Waals surface area contributed by atoms with Crippen LogP contribution in [0.15, 0.2) is 29.2 Å². The van der Waals surface area contributed by atoms with E-state index in [9.17, 15) is 18.0 Å². The summed E-state index contributed by atoms with van der Waals surface area (Å²) >= 11 is 0. The second-order valence-electron chi connectivity index (χ2n) is 9.10. The van der Waals surface area contributed by atoms with E-state index < -0.39 is 16.0 Å². The van der Waals surface area contributed by atoms with Crippen molar-refractivity contribution in [3.63, 3.8) is 0 Å². The van der Waals surface area contributed by atoms with Crippen LogP contribution < -0.4 is 5.32 Å². The summed E-state index contributed by atoms with van der Waals surface area (Å²) in [6.45, 7) is 9.89. The number of nitrogens with zero attached hydrogens (tertiary/aromatic N) is 2. The highest BCUT2D eigenvalue weighted by Crippen LogP contribution is 2.32. The number of carbonyl (C=O) groups is 2. The van der Waals surface area contributed by atoms with Crippen LogP contribution >= 0.6 is 0 Å². The first-order valence-electron chi connectivity index (χ1n) is 11.7. The zero-order valence-electron chi connectivity index (χ0n) is 20.8. The molecule has 0 unspecified atom stereocenters. The van der Waals surface area contributed by atoms with E-state index in [4.69, 9.17) is 4.74 Å². The lowest BCUT2D eigenvalue weighted by Gasteiger charge is -2.30. The molecule has 1 amide bonds. The molecular weight excluding hydrogens is 454 g/mol. The summed E-state index contributed by atoms with van der Waals surface area (Å²) in [7, 11) is -2.20. The molecule has 0 saturated carbocycles. The molecule has 1 saturated heterocycles. The average Bonchev–Trinajstić information content (AvgIpc) is 3.04. The van der Waals surface area contributed by atoms with Gasteiger partial charge >= 0.3 is 5.97 Å². The van der Waals surface area contributed by atoms with Gasteiger partial charge in [0.1, 0.15) is 10.5 Å². The standard InChI is InChI=1S/C25H35N3O5S/c1-7-33-25(30)22-17(4)27(6)18(5)23(22)34(31,32)28-14-12-20(13-15-28)24(29)26-21-10-8-19(9-11-21)16(2)3/h8-11,16,20H,7,12-15H2,1-6H3,(H,26,29). The highest BCUT2D eigenvalue weighted by molar-refractivity contribution is 7.89. The number of piperidine rings is 1. The third-order valence-electron chi connectivity index (χ3n) is 6.67. The number of sulfonamides is 1. The molecule has 2 aromatic rings. The Morgan fingerprint density at radius 3 is 2.21 bits per heavy atom. The van der Waals surface area contributed by atoms with Gasteiger partial charge in [-0.15, -0.1) is 0 Å². The smallest absolute Gasteiger partial charge is 0.341 e. The largest absolute Gasteiger partial charge is 0.462 e. The first kappa shape index (κ1) is 26.0. The Labute approximate surface area is 202 Å². The number of esters is 1. The Morgan fingerprint density at radius 1 is 1.09 bits per heavy atom. The summed E-state index contributed by atoms with van der Waals surface area (Å²) in [5.41, 5.74) is 3.06. The van der Waals surface area contributed by atoms with E-state index in [0.29, 0.717) is 30.1 Å². The molecule has 1 aromatic heterocycles. The van der Waals surface area contributed by atoms with Crippen LogP contribution in [0.2, 0.25) is 0 Å². The number of amides is 1. The fourth-order valence-electron chi connectivity index (χ4n) is 4.36. The van der Waals surface area contributed by atoms with Crippen LogP contribution in [0.1, 0.15) is 66.8 Å². The maximum absolute atomic E-state index is 13.6. The predicted octanol–water partition coefficient (Wildman–Crippen LogP) is 3.98. The maximum atomic E-state index is 13.6. The van der Waals surface area contributed by atoms with Gasteiger partial charge < -0.3 is 14.6 Å². The van der Waals surface area contributed by atoms with Crippen molar-refractivity contribution in [3.8, 4) is 0 Å². The summed E-state index contributed by atoms with van der Waals surface area (Å²) in [6.07, 6.45) is 0.823. The van der Waals surface area contributed by atoms with Crippen LogP contribution in [0.3, 0.4) is 0 Å². The minimum Gasteiger partial charge on any atom is -0.462 e. The zero-order valence-corrected chi connectivity index (χ0v) is 21.7. The van der Waals surface area contributed by atoms with E-state index >= 15 is 0 Å². The topological polar surface area (TPSA) is 97.7 Å². The first-order valence-corrected chi connectivity index (χ1v) is 13.2. The number of aromatic nitrogens is 1. The van der Waals surface area contributed by atoms with Crippen molar-refractivity contribution >= 4 is 27.6 Å². The predicted molar refractivity (Wildman–Crippen MR) is 131 cm³/mol. The molecule has 2 heterocycles. The van der Waals surface area contributed by atoms with Crippen molar-refractivity contribution in [2.45, 2.75) is 58.3 Å². The van der Waals surface area contributed by atoms with Gasteiger partial charge in [0, 0.05) is 43.1 Å². The molecule has 186 valence electrons. The minimum absolute atomic E-state index is 0.000839. The van der Waals surface area contributed by atoms with Crippen LogP contribution in [0, 0.1) is 19.8 Å². The fraction of sp³-hybridized carbons (Fsp3) is 0.520. The van der Waals surface area contributed by atoms with Crippen LogP contribution in [0.25, 0.3) is 0 Å². The van der Waals surface area contributed by atoms with E-state index in [1.54, 1.807) is 32.4 Å². The second kappa shape index (κ2) is 10.3. The van der Waals surface area contributed by atoms with E-state index in [1.165, 1.54) is 9.87 Å². The number of nitrogens with one attached hydrogen (secondary N) is 1. The lowest BCUT2D eigenvalue weighted by Crippen LogP contribution is -2.41. The van der Waals surface area contributed by atoms with Crippen LogP contribution in [-0.2, 0) is 26.6 Å². The molecule has 0 spiro atoms. The van der Waals surface area contributed by atoms with Crippen molar-refractivity contribution in [3.05, 3.63) is 46.8 Å². The van der Waals surface area contributed by atoms with Crippen molar-refractivity contribution in [1.29, 1.82) is 0 Å². The molecule has 1 fully saturated rings. The summed E-state index contributed by atoms with van der Waals surface area (Å²) in [6, 6.07) is 7.79. The number of ether oxygens (including phenoxy) is 1. The van der Waals surface area contributed by atoms with E-state index in [1.807, 2.05) is 24.3 Å². The number of anilines is 1. The number of hydrogen-bond donors (Lipinski definition) is 1. The molecule has 1 aromatic carbocycles. The molecule has 0 radical (unpaired) electrons. The summed E-state index contributed by atoms with van der Waals surface area (Å²) in [5.74, 6) is -0.606.